The van der Waals surface area contributed by atoms with E-state index in [0.29, 0.717) is 29.5 Å². The molecule has 37 heavy (non-hydrogen) atoms. The number of hydrogen-bond donors (Lipinski definition) is 2. The molecule has 0 saturated heterocycles. The summed E-state index contributed by atoms with van der Waals surface area (Å²) in [5, 5.41) is 11.0. The van der Waals surface area contributed by atoms with Crippen molar-refractivity contribution in [2.24, 2.45) is 11.8 Å². The van der Waals surface area contributed by atoms with Crippen LogP contribution in [0.3, 0.4) is 0 Å². The van der Waals surface area contributed by atoms with Crippen molar-refractivity contribution in [1.29, 1.82) is 0 Å². The first-order chi connectivity index (χ1) is 17.6. The molecule has 1 aromatic heterocycles. The van der Waals surface area contributed by atoms with E-state index in [1.165, 1.54) is 0 Å². The van der Waals surface area contributed by atoms with Gasteiger partial charge in [0.25, 0.3) is 5.91 Å². The molecule has 1 heterocycles. The van der Waals surface area contributed by atoms with Gasteiger partial charge in [0.15, 0.2) is 5.69 Å². The highest BCUT2D eigenvalue weighted by molar-refractivity contribution is 5.94. The molecule has 8 heteroatoms. The fraction of sp³-hybridized carbons (Fsp3) is 0.621. The number of amides is 2. The van der Waals surface area contributed by atoms with E-state index in [1.54, 1.807) is 20.3 Å². The Labute approximate surface area is 221 Å². The fourth-order valence-electron chi connectivity index (χ4n) is 4.99. The molecule has 1 aliphatic carbocycles. The third-order valence-electron chi connectivity index (χ3n) is 7.25. The molecule has 1 fully saturated rings. The predicted molar refractivity (Wildman–Crippen MR) is 146 cm³/mol. The van der Waals surface area contributed by atoms with Gasteiger partial charge >= 0.3 is 0 Å². The molecule has 1 aromatic carbocycles. The number of nitrogens with zero attached hydrogens (tertiary/aromatic N) is 2. The van der Waals surface area contributed by atoms with E-state index < -0.39 is 0 Å². The first kappa shape index (κ1) is 28.5. The monoisotopic (exact) mass is 512 g/mol. The summed E-state index contributed by atoms with van der Waals surface area (Å²) in [5.41, 5.74) is 1.81. The third kappa shape index (κ3) is 7.27. The number of methoxy groups -OCH3 is 2. The lowest BCUT2D eigenvalue weighted by molar-refractivity contribution is -0.122. The van der Waals surface area contributed by atoms with Gasteiger partial charge in [-0.25, -0.2) is 0 Å². The molecule has 204 valence electrons. The smallest absolute Gasteiger partial charge is 0.272 e. The van der Waals surface area contributed by atoms with E-state index in [1.807, 2.05) is 22.9 Å². The van der Waals surface area contributed by atoms with E-state index in [4.69, 9.17) is 14.6 Å². The van der Waals surface area contributed by atoms with Gasteiger partial charge in [0, 0.05) is 18.5 Å². The highest BCUT2D eigenvalue weighted by Gasteiger charge is 2.27. The molecule has 0 radical (unpaired) electrons. The topological polar surface area (TPSA) is 94.5 Å². The van der Waals surface area contributed by atoms with E-state index in [9.17, 15) is 9.59 Å². The van der Waals surface area contributed by atoms with Gasteiger partial charge in [-0.15, -0.1) is 0 Å². The van der Waals surface area contributed by atoms with Crippen LogP contribution >= 0.6 is 0 Å². The Hall–Kier alpha value is -3.03. The van der Waals surface area contributed by atoms with Crippen LogP contribution < -0.4 is 20.1 Å². The molecule has 2 amide bonds. The number of benzene rings is 1. The van der Waals surface area contributed by atoms with Gasteiger partial charge < -0.3 is 20.1 Å². The summed E-state index contributed by atoms with van der Waals surface area (Å²) in [6, 6.07) is 7.41. The standard InChI is InChI=1S/C29H44N4O4/c1-18(2)15-22(16-27(34)30-21-11-8-9-12-21)31-29(35)23-17-24(33(32-23)20(5)19(3)4)28-25(36-6)13-10-14-26(28)37-7/h10,13-14,17-22H,8-9,11-12,15-16H2,1-7H3,(H,30,34)(H,31,35). The second-order valence-electron chi connectivity index (χ2n) is 10.9. The largest absolute Gasteiger partial charge is 0.496 e. The first-order valence-electron chi connectivity index (χ1n) is 13.6. The van der Waals surface area contributed by atoms with Crippen LogP contribution in [0.15, 0.2) is 24.3 Å². The number of carbonyl (C=O) groups excluding carboxylic acids is 2. The third-order valence-corrected chi connectivity index (χ3v) is 7.25. The lowest BCUT2D eigenvalue weighted by Crippen LogP contribution is -2.42. The maximum Gasteiger partial charge on any atom is 0.272 e. The molecule has 0 aliphatic heterocycles. The van der Waals surface area contributed by atoms with Gasteiger partial charge in [0.2, 0.25) is 5.91 Å². The SMILES string of the molecule is COc1cccc(OC)c1-c1cc(C(=O)NC(CC(=O)NC2CCCC2)CC(C)C)nn1C(C)C(C)C. The van der Waals surface area contributed by atoms with Crippen LogP contribution in [0, 0.1) is 11.8 Å². The van der Waals surface area contributed by atoms with Crippen LogP contribution in [0.2, 0.25) is 0 Å². The van der Waals surface area contributed by atoms with Crippen molar-refractivity contribution in [3.05, 3.63) is 30.0 Å². The van der Waals surface area contributed by atoms with Crippen LogP contribution in [-0.4, -0.2) is 47.9 Å². The van der Waals surface area contributed by atoms with Crippen molar-refractivity contribution >= 4 is 11.8 Å². The number of aromatic nitrogens is 2. The first-order valence-corrected chi connectivity index (χ1v) is 13.6. The van der Waals surface area contributed by atoms with Gasteiger partial charge in [-0.05, 0) is 56.2 Å². The minimum atomic E-state index is -0.288. The Morgan fingerprint density at radius 1 is 1.05 bits per heavy atom. The molecular weight excluding hydrogens is 468 g/mol. The van der Waals surface area contributed by atoms with Crippen LogP contribution in [0.4, 0.5) is 0 Å². The summed E-state index contributed by atoms with van der Waals surface area (Å²) in [4.78, 5) is 26.2. The van der Waals surface area contributed by atoms with E-state index in [-0.39, 0.29) is 42.3 Å². The zero-order valence-electron chi connectivity index (χ0n) is 23.5. The minimum Gasteiger partial charge on any atom is -0.496 e. The normalized spacial score (nSPS) is 15.6. The number of nitrogens with one attached hydrogen (secondary N) is 2. The summed E-state index contributed by atoms with van der Waals surface area (Å²) in [5.74, 6) is 1.61. The lowest BCUT2D eigenvalue weighted by atomic mass is 10.00. The van der Waals surface area contributed by atoms with Crippen LogP contribution in [-0.2, 0) is 4.79 Å². The zero-order chi connectivity index (χ0) is 27.1. The quantitative estimate of drug-likeness (QED) is 0.398. The van der Waals surface area contributed by atoms with Crippen LogP contribution in [0.1, 0.15) is 89.7 Å². The van der Waals surface area contributed by atoms with Gasteiger partial charge in [-0.1, -0.05) is 46.6 Å². The molecule has 0 bridgehead atoms. The van der Waals surface area contributed by atoms with E-state index in [0.717, 1.165) is 36.9 Å². The maximum atomic E-state index is 13.5. The van der Waals surface area contributed by atoms with Crippen molar-refractivity contribution < 1.29 is 19.1 Å². The Morgan fingerprint density at radius 2 is 1.68 bits per heavy atom. The number of rotatable bonds is 12. The molecule has 8 nitrogen and oxygen atoms in total. The highest BCUT2D eigenvalue weighted by atomic mass is 16.5. The van der Waals surface area contributed by atoms with Crippen molar-refractivity contribution in [2.45, 2.75) is 91.3 Å². The molecule has 2 N–H and O–H groups in total. The number of hydrogen-bond acceptors (Lipinski definition) is 5. The van der Waals surface area contributed by atoms with Crippen molar-refractivity contribution in [1.82, 2.24) is 20.4 Å². The summed E-state index contributed by atoms with van der Waals surface area (Å²) in [7, 11) is 3.23. The molecule has 2 atom stereocenters. The Balaban J connectivity index is 1.90. The summed E-state index contributed by atoms with van der Waals surface area (Å²) < 4.78 is 13.2. The molecule has 2 aromatic rings. The highest BCUT2D eigenvalue weighted by Crippen LogP contribution is 2.40. The van der Waals surface area contributed by atoms with Crippen molar-refractivity contribution in [2.75, 3.05) is 14.2 Å². The van der Waals surface area contributed by atoms with Gasteiger partial charge in [-0.3, -0.25) is 14.3 Å². The minimum absolute atomic E-state index is 0.00347. The number of ether oxygens (including phenoxy) is 2. The second kappa shape index (κ2) is 13.0. The predicted octanol–water partition coefficient (Wildman–Crippen LogP) is 5.38. The van der Waals surface area contributed by atoms with Crippen LogP contribution in [0.5, 0.6) is 11.5 Å². The average Bonchev–Trinajstić information content (AvgIpc) is 3.52. The Bertz CT molecular complexity index is 1030. The van der Waals surface area contributed by atoms with Gasteiger partial charge in [-0.2, -0.15) is 5.10 Å². The van der Waals surface area contributed by atoms with Gasteiger partial charge in [0.1, 0.15) is 11.5 Å². The van der Waals surface area contributed by atoms with E-state index >= 15 is 0 Å². The molecule has 0 spiro atoms. The Kier molecular flexibility index (Phi) is 10.0. The lowest BCUT2D eigenvalue weighted by Gasteiger charge is -2.21. The van der Waals surface area contributed by atoms with Crippen molar-refractivity contribution in [3.63, 3.8) is 0 Å². The molecule has 3 rings (SSSR count). The maximum absolute atomic E-state index is 13.5. The summed E-state index contributed by atoms with van der Waals surface area (Å²) >= 11 is 0. The summed E-state index contributed by atoms with van der Waals surface area (Å²) in [6.07, 6.45) is 5.36. The molecule has 2 unspecified atom stereocenters. The summed E-state index contributed by atoms with van der Waals surface area (Å²) in [6.45, 7) is 10.5. The Morgan fingerprint density at radius 3 is 2.22 bits per heavy atom. The van der Waals surface area contributed by atoms with E-state index in [2.05, 4.69) is 45.3 Å². The van der Waals surface area contributed by atoms with Gasteiger partial charge in [0.05, 0.1) is 31.5 Å². The molecule has 1 aliphatic rings. The van der Waals surface area contributed by atoms with Crippen LogP contribution in [0.25, 0.3) is 11.3 Å². The average molecular weight is 513 g/mol. The number of carbonyl (C=O) groups is 2. The second-order valence-corrected chi connectivity index (χ2v) is 10.9. The molecular formula is C29H44N4O4. The zero-order valence-corrected chi connectivity index (χ0v) is 23.5. The fourth-order valence-corrected chi connectivity index (χ4v) is 4.99. The van der Waals surface area contributed by atoms with Crippen molar-refractivity contribution in [3.8, 4) is 22.8 Å². The molecule has 1 saturated carbocycles.